The van der Waals surface area contributed by atoms with Gasteiger partial charge in [0.2, 0.25) is 11.9 Å². The van der Waals surface area contributed by atoms with Crippen molar-refractivity contribution in [1.29, 1.82) is 0 Å². The zero-order valence-corrected chi connectivity index (χ0v) is 25.5. The molecular formula is C31H34N10O4. The SMILES string of the molecule is CN(Cc1ccccc1)c1nc2c(c(=O)[nH]c(=O)n2C)n1CCCn1c(N(C)Cc2ccccc2)nc2c1c(=O)[nH]c(=O)n2C. The van der Waals surface area contributed by atoms with Crippen LogP contribution in [-0.2, 0) is 40.3 Å². The van der Waals surface area contributed by atoms with Gasteiger partial charge in [-0.25, -0.2) is 9.59 Å². The Morgan fingerprint density at radius 3 is 1.38 bits per heavy atom. The number of rotatable bonds is 10. The van der Waals surface area contributed by atoms with Gasteiger partial charge >= 0.3 is 11.4 Å². The number of nitrogens with zero attached hydrogens (tertiary/aromatic N) is 8. The van der Waals surface area contributed by atoms with Gasteiger partial charge in [0.05, 0.1) is 0 Å². The van der Waals surface area contributed by atoms with Gasteiger partial charge in [0, 0.05) is 54.4 Å². The van der Waals surface area contributed by atoms with Crippen molar-refractivity contribution in [2.24, 2.45) is 14.1 Å². The normalized spacial score (nSPS) is 11.5. The standard InChI is InChI=1S/C31H34N10O4/c1-36(18-20-12-7-5-8-13-20)28-32-24-22(26(42)34-30(44)38(24)3)40(28)16-11-17-41-23-25(39(4)31(45)35-27(23)43)33-29(41)37(2)19-21-14-9-6-10-15-21/h5-10,12-15H,11,16-19H2,1-4H3,(H,34,42,44)(H,35,43,45). The van der Waals surface area contributed by atoms with E-state index in [4.69, 9.17) is 9.97 Å². The molecule has 0 unspecified atom stereocenters. The van der Waals surface area contributed by atoms with Gasteiger partial charge in [0.1, 0.15) is 0 Å². The van der Waals surface area contributed by atoms with Crippen molar-refractivity contribution in [1.82, 2.24) is 38.2 Å². The fraction of sp³-hybridized carbons (Fsp3) is 0.290. The Kier molecular flexibility index (Phi) is 7.71. The second kappa shape index (κ2) is 11.8. The molecule has 6 rings (SSSR count). The summed E-state index contributed by atoms with van der Waals surface area (Å²) in [4.78, 5) is 69.2. The quantitative estimate of drug-likeness (QED) is 0.237. The molecule has 14 heteroatoms. The average molecular weight is 611 g/mol. The Morgan fingerprint density at radius 2 is 1.00 bits per heavy atom. The molecule has 0 radical (unpaired) electrons. The van der Waals surface area contributed by atoms with Crippen LogP contribution >= 0.6 is 0 Å². The molecule has 4 heterocycles. The van der Waals surface area contributed by atoms with Crippen molar-refractivity contribution in [3.8, 4) is 0 Å². The molecule has 0 saturated carbocycles. The summed E-state index contributed by atoms with van der Waals surface area (Å²) < 4.78 is 6.27. The lowest BCUT2D eigenvalue weighted by atomic mass is 10.2. The second-order valence-corrected chi connectivity index (χ2v) is 11.1. The summed E-state index contributed by atoms with van der Waals surface area (Å²) in [5.41, 5.74) is 1.09. The van der Waals surface area contributed by atoms with Gasteiger partial charge in [0.15, 0.2) is 22.3 Å². The molecule has 6 aromatic rings. The van der Waals surface area contributed by atoms with Crippen molar-refractivity contribution in [3.63, 3.8) is 0 Å². The summed E-state index contributed by atoms with van der Waals surface area (Å²) in [7, 11) is 6.91. The van der Waals surface area contributed by atoms with E-state index in [2.05, 4.69) is 9.97 Å². The first kappa shape index (κ1) is 29.4. The highest BCUT2D eigenvalue weighted by atomic mass is 16.2. The number of H-pyrrole nitrogens is 2. The van der Waals surface area contributed by atoms with Crippen molar-refractivity contribution in [3.05, 3.63) is 113 Å². The predicted octanol–water partition coefficient (Wildman–Crippen LogP) is 1.52. The lowest BCUT2D eigenvalue weighted by molar-refractivity contribution is 0.571. The van der Waals surface area contributed by atoms with Crippen LogP contribution in [0.5, 0.6) is 0 Å². The third-order valence-corrected chi connectivity index (χ3v) is 7.95. The number of fused-ring (bicyclic) bond motifs is 2. The minimum Gasteiger partial charge on any atom is -0.341 e. The van der Waals surface area contributed by atoms with E-state index in [0.29, 0.717) is 44.5 Å². The molecule has 4 aromatic heterocycles. The minimum atomic E-state index is -0.546. The van der Waals surface area contributed by atoms with Gasteiger partial charge in [-0.05, 0) is 17.5 Å². The molecule has 0 spiro atoms. The summed E-state index contributed by atoms with van der Waals surface area (Å²) in [6, 6.07) is 19.8. The number of aromatic nitrogens is 8. The van der Waals surface area contributed by atoms with E-state index >= 15 is 0 Å². The maximum absolute atomic E-state index is 13.1. The van der Waals surface area contributed by atoms with Crippen LogP contribution in [0.1, 0.15) is 17.5 Å². The number of nitrogens with one attached hydrogen (secondary N) is 2. The van der Waals surface area contributed by atoms with Crippen LogP contribution in [0, 0.1) is 0 Å². The number of hydrogen-bond acceptors (Lipinski definition) is 8. The maximum atomic E-state index is 13.1. The molecule has 0 aliphatic carbocycles. The highest BCUT2D eigenvalue weighted by Crippen LogP contribution is 2.24. The zero-order chi connectivity index (χ0) is 31.8. The average Bonchev–Trinajstić information content (AvgIpc) is 3.60. The molecule has 0 amide bonds. The van der Waals surface area contributed by atoms with Gasteiger partial charge in [-0.2, -0.15) is 9.97 Å². The van der Waals surface area contributed by atoms with E-state index in [1.54, 1.807) is 14.1 Å². The first-order valence-electron chi connectivity index (χ1n) is 14.5. The zero-order valence-electron chi connectivity index (χ0n) is 25.5. The Morgan fingerprint density at radius 1 is 0.622 bits per heavy atom. The van der Waals surface area contributed by atoms with Crippen molar-refractivity contribution < 1.29 is 0 Å². The summed E-state index contributed by atoms with van der Waals surface area (Å²) in [6.45, 7) is 1.74. The highest BCUT2D eigenvalue weighted by molar-refractivity contribution is 5.75. The molecule has 232 valence electrons. The molecule has 2 N–H and O–H groups in total. The molecule has 0 bridgehead atoms. The van der Waals surface area contributed by atoms with Gasteiger partial charge in [0.25, 0.3) is 11.1 Å². The van der Waals surface area contributed by atoms with Crippen LogP contribution in [-0.4, -0.2) is 52.3 Å². The monoisotopic (exact) mass is 610 g/mol. The minimum absolute atomic E-state index is 0.279. The van der Waals surface area contributed by atoms with E-state index in [1.165, 1.54) is 9.13 Å². The number of imidazole rings is 2. The largest absolute Gasteiger partial charge is 0.341 e. The van der Waals surface area contributed by atoms with Crippen LogP contribution < -0.4 is 32.3 Å². The van der Waals surface area contributed by atoms with Gasteiger partial charge < -0.3 is 18.9 Å². The number of benzene rings is 2. The van der Waals surface area contributed by atoms with E-state index in [0.717, 1.165) is 11.1 Å². The summed E-state index contributed by atoms with van der Waals surface area (Å²) in [5, 5.41) is 0. The van der Waals surface area contributed by atoms with Crippen LogP contribution in [0.25, 0.3) is 22.3 Å². The molecule has 0 saturated heterocycles. The van der Waals surface area contributed by atoms with Gasteiger partial charge in [-0.1, -0.05) is 60.7 Å². The Hall–Kier alpha value is -5.66. The first-order chi connectivity index (χ1) is 21.6. The second-order valence-electron chi connectivity index (χ2n) is 11.1. The summed E-state index contributed by atoms with van der Waals surface area (Å²) in [5.74, 6) is 1.05. The maximum Gasteiger partial charge on any atom is 0.329 e. The molecule has 0 fully saturated rings. The van der Waals surface area contributed by atoms with E-state index in [9.17, 15) is 19.2 Å². The number of hydrogen-bond donors (Lipinski definition) is 2. The molecule has 14 nitrogen and oxygen atoms in total. The molecule has 45 heavy (non-hydrogen) atoms. The molecule has 0 aliphatic heterocycles. The third-order valence-electron chi connectivity index (χ3n) is 7.95. The summed E-state index contributed by atoms with van der Waals surface area (Å²) >= 11 is 0. The lowest BCUT2D eigenvalue weighted by Crippen LogP contribution is -2.30. The van der Waals surface area contributed by atoms with E-state index < -0.39 is 22.5 Å². The number of aryl methyl sites for hydroxylation is 4. The van der Waals surface area contributed by atoms with Crippen LogP contribution in [0.3, 0.4) is 0 Å². The molecule has 2 aromatic carbocycles. The number of aromatic amines is 2. The van der Waals surface area contributed by atoms with Crippen molar-refractivity contribution >= 4 is 34.2 Å². The smallest absolute Gasteiger partial charge is 0.329 e. The molecule has 0 atom stereocenters. The molecular weight excluding hydrogens is 576 g/mol. The number of anilines is 2. The van der Waals surface area contributed by atoms with Crippen LogP contribution in [0.2, 0.25) is 0 Å². The van der Waals surface area contributed by atoms with E-state index in [1.807, 2.05) is 93.7 Å². The predicted molar refractivity (Wildman–Crippen MR) is 173 cm³/mol. The Balaban J connectivity index is 1.39. The van der Waals surface area contributed by atoms with Crippen molar-refractivity contribution in [2.75, 3.05) is 23.9 Å². The Bertz CT molecular complexity index is 2080. The fourth-order valence-corrected chi connectivity index (χ4v) is 5.70. The van der Waals surface area contributed by atoms with Crippen LogP contribution in [0.4, 0.5) is 11.9 Å². The summed E-state index contributed by atoms with van der Waals surface area (Å²) in [6.07, 6.45) is 0.472. The van der Waals surface area contributed by atoms with Crippen LogP contribution in [0.15, 0.2) is 79.8 Å². The van der Waals surface area contributed by atoms with Crippen molar-refractivity contribution in [2.45, 2.75) is 32.6 Å². The van der Waals surface area contributed by atoms with Gasteiger partial charge in [-0.3, -0.25) is 28.7 Å². The topological polar surface area (TPSA) is 152 Å². The highest BCUT2D eigenvalue weighted by Gasteiger charge is 2.23. The lowest BCUT2D eigenvalue weighted by Gasteiger charge is -2.21. The fourth-order valence-electron chi connectivity index (χ4n) is 5.70. The Labute approximate surface area is 256 Å². The molecule has 0 aliphatic rings. The van der Waals surface area contributed by atoms with Gasteiger partial charge in [-0.15, -0.1) is 0 Å². The first-order valence-corrected chi connectivity index (χ1v) is 14.5. The van der Waals surface area contributed by atoms with E-state index in [-0.39, 0.29) is 22.3 Å². The third kappa shape index (κ3) is 5.46.